The summed E-state index contributed by atoms with van der Waals surface area (Å²) < 4.78 is 0. The van der Waals surface area contributed by atoms with Crippen molar-refractivity contribution in [3.8, 4) is 45.3 Å². The highest BCUT2D eigenvalue weighted by Crippen LogP contribution is 2.51. The first-order chi connectivity index (χ1) is 24.0. The molecule has 0 aliphatic heterocycles. The fourth-order valence-corrected chi connectivity index (χ4v) is 8.06. The summed E-state index contributed by atoms with van der Waals surface area (Å²) in [6.07, 6.45) is 0. The fraction of sp³-hybridized carbons (Fsp3) is 0.0652. The van der Waals surface area contributed by atoms with E-state index in [0.29, 0.717) is 17.5 Å². The van der Waals surface area contributed by atoms with Gasteiger partial charge in [-0.2, -0.15) is 0 Å². The zero-order valence-electron chi connectivity index (χ0n) is 27.3. The summed E-state index contributed by atoms with van der Waals surface area (Å²) in [6, 6.07) is 54.3. The Labute approximate surface area is 284 Å². The molecule has 0 N–H and O–H groups in total. The summed E-state index contributed by atoms with van der Waals surface area (Å²) in [7, 11) is 0. The van der Waals surface area contributed by atoms with Crippen LogP contribution in [0.4, 0.5) is 0 Å². The van der Waals surface area contributed by atoms with Gasteiger partial charge in [-0.05, 0) is 71.4 Å². The third-order valence-electron chi connectivity index (χ3n) is 10.5. The topological polar surface area (TPSA) is 38.7 Å². The molecule has 230 valence electrons. The van der Waals surface area contributed by atoms with Gasteiger partial charge in [0, 0.05) is 22.1 Å². The van der Waals surface area contributed by atoms with E-state index in [1.165, 1.54) is 65.3 Å². The second-order valence-electron chi connectivity index (χ2n) is 13.6. The molecule has 1 heterocycles. The Kier molecular flexibility index (Phi) is 5.92. The first-order valence-corrected chi connectivity index (χ1v) is 16.9. The molecule has 0 spiro atoms. The Balaban J connectivity index is 1.20. The van der Waals surface area contributed by atoms with Crippen LogP contribution in [0.15, 0.2) is 152 Å². The SMILES string of the molecule is CC1(C)c2ccccc2-c2c(-c3nc(-c4ccccc4)nc(-c4ccc5ccc6c(ccc7c8ccccc8ccc76)c5c4)n3)cccc21. The molecule has 9 aromatic rings. The van der Waals surface area contributed by atoms with Crippen LogP contribution in [0.25, 0.3) is 88.4 Å². The molecule has 0 radical (unpaired) electrons. The minimum atomic E-state index is -0.115. The number of nitrogens with zero attached hydrogens (tertiary/aromatic N) is 3. The van der Waals surface area contributed by atoms with Crippen LogP contribution in [0, 0.1) is 0 Å². The molecule has 0 amide bonds. The maximum Gasteiger partial charge on any atom is 0.164 e. The van der Waals surface area contributed by atoms with Gasteiger partial charge in [-0.15, -0.1) is 0 Å². The summed E-state index contributed by atoms with van der Waals surface area (Å²) >= 11 is 0. The third kappa shape index (κ3) is 4.19. The van der Waals surface area contributed by atoms with Crippen LogP contribution >= 0.6 is 0 Å². The summed E-state index contributed by atoms with van der Waals surface area (Å²) in [5, 5.41) is 9.91. The molecule has 10 rings (SSSR count). The van der Waals surface area contributed by atoms with E-state index in [0.717, 1.165) is 16.7 Å². The predicted molar refractivity (Wildman–Crippen MR) is 204 cm³/mol. The second-order valence-corrected chi connectivity index (χ2v) is 13.6. The first-order valence-electron chi connectivity index (χ1n) is 16.9. The molecule has 0 bridgehead atoms. The fourth-order valence-electron chi connectivity index (χ4n) is 8.06. The van der Waals surface area contributed by atoms with Gasteiger partial charge in [0.25, 0.3) is 0 Å². The van der Waals surface area contributed by atoms with Gasteiger partial charge in [0.15, 0.2) is 17.5 Å². The molecule has 1 aromatic heterocycles. The summed E-state index contributed by atoms with van der Waals surface area (Å²) in [4.78, 5) is 15.5. The van der Waals surface area contributed by atoms with E-state index in [9.17, 15) is 0 Å². The maximum absolute atomic E-state index is 5.25. The van der Waals surface area contributed by atoms with E-state index < -0.39 is 0 Å². The minimum absolute atomic E-state index is 0.115. The number of hydrogen-bond acceptors (Lipinski definition) is 3. The van der Waals surface area contributed by atoms with Gasteiger partial charge in [-0.3, -0.25) is 0 Å². The lowest BCUT2D eigenvalue weighted by Crippen LogP contribution is -2.14. The lowest BCUT2D eigenvalue weighted by atomic mass is 9.82. The Morgan fingerprint density at radius 3 is 1.73 bits per heavy atom. The van der Waals surface area contributed by atoms with Crippen molar-refractivity contribution in [1.82, 2.24) is 15.0 Å². The van der Waals surface area contributed by atoms with E-state index in [1.54, 1.807) is 0 Å². The summed E-state index contributed by atoms with van der Waals surface area (Å²) in [5.41, 5.74) is 7.93. The number of rotatable bonds is 3. The molecule has 0 saturated heterocycles. The van der Waals surface area contributed by atoms with Crippen molar-refractivity contribution in [1.29, 1.82) is 0 Å². The van der Waals surface area contributed by atoms with E-state index in [1.807, 2.05) is 18.2 Å². The van der Waals surface area contributed by atoms with Gasteiger partial charge < -0.3 is 0 Å². The smallest absolute Gasteiger partial charge is 0.164 e. The van der Waals surface area contributed by atoms with Gasteiger partial charge in [-0.25, -0.2) is 15.0 Å². The Hall–Kier alpha value is -6.19. The van der Waals surface area contributed by atoms with Crippen molar-refractivity contribution >= 4 is 43.1 Å². The van der Waals surface area contributed by atoms with Crippen LogP contribution < -0.4 is 0 Å². The Bertz CT molecular complexity index is 2800. The Morgan fingerprint density at radius 1 is 0.367 bits per heavy atom. The van der Waals surface area contributed by atoms with Gasteiger partial charge >= 0.3 is 0 Å². The molecule has 3 heteroatoms. The van der Waals surface area contributed by atoms with E-state index in [2.05, 4.69) is 147 Å². The predicted octanol–water partition coefficient (Wildman–Crippen LogP) is 11.8. The molecule has 8 aromatic carbocycles. The zero-order valence-corrected chi connectivity index (χ0v) is 27.3. The largest absolute Gasteiger partial charge is 0.208 e. The molecule has 0 unspecified atom stereocenters. The highest BCUT2D eigenvalue weighted by Gasteiger charge is 2.37. The number of fused-ring (bicyclic) bond motifs is 10. The van der Waals surface area contributed by atoms with Gasteiger partial charge in [0.05, 0.1) is 0 Å². The van der Waals surface area contributed by atoms with E-state index in [-0.39, 0.29) is 5.41 Å². The standard InChI is InChI=1S/C46H31N3/c1-46(2)40-17-9-8-15-37(40)42-38(16-10-18-41(42)46)45-48-43(30-12-4-3-5-13-30)47-44(49-45)31-20-19-29-22-24-35-34-23-21-28-11-6-7-14-32(28)33(34)25-26-36(35)39(29)27-31/h3-27H,1-2H3. The van der Waals surface area contributed by atoms with Crippen LogP contribution in [0.5, 0.6) is 0 Å². The average Bonchev–Trinajstić information content (AvgIpc) is 3.40. The lowest BCUT2D eigenvalue weighted by molar-refractivity contribution is 0.660. The highest BCUT2D eigenvalue weighted by atomic mass is 15.0. The van der Waals surface area contributed by atoms with Crippen LogP contribution in [0.2, 0.25) is 0 Å². The van der Waals surface area contributed by atoms with Crippen molar-refractivity contribution < 1.29 is 0 Å². The molecule has 0 atom stereocenters. The number of benzene rings is 8. The molecular weight excluding hydrogens is 595 g/mol. The quantitative estimate of drug-likeness (QED) is 0.183. The second kappa shape index (κ2) is 10.4. The monoisotopic (exact) mass is 625 g/mol. The number of hydrogen-bond donors (Lipinski definition) is 0. The third-order valence-corrected chi connectivity index (χ3v) is 10.5. The molecule has 1 aliphatic carbocycles. The highest BCUT2D eigenvalue weighted by molar-refractivity contribution is 6.22. The molecule has 0 fully saturated rings. The summed E-state index contributed by atoms with van der Waals surface area (Å²) in [6.45, 7) is 4.61. The Morgan fingerprint density at radius 2 is 0.918 bits per heavy atom. The van der Waals surface area contributed by atoms with Crippen LogP contribution in [0.1, 0.15) is 25.0 Å². The summed E-state index contributed by atoms with van der Waals surface area (Å²) in [5.74, 6) is 2.02. The molecular formula is C46H31N3. The van der Waals surface area contributed by atoms with Crippen LogP contribution in [-0.4, -0.2) is 15.0 Å². The van der Waals surface area contributed by atoms with Gasteiger partial charge in [0.2, 0.25) is 0 Å². The van der Waals surface area contributed by atoms with Gasteiger partial charge in [0.1, 0.15) is 0 Å². The van der Waals surface area contributed by atoms with Crippen LogP contribution in [0.3, 0.4) is 0 Å². The first kappa shape index (κ1) is 27.9. The van der Waals surface area contributed by atoms with Crippen molar-refractivity contribution in [3.63, 3.8) is 0 Å². The molecule has 1 aliphatic rings. The average molecular weight is 626 g/mol. The minimum Gasteiger partial charge on any atom is -0.208 e. The van der Waals surface area contributed by atoms with Crippen molar-refractivity contribution in [2.75, 3.05) is 0 Å². The van der Waals surface area contributed by atoms with Crippen LogP contribution in [-0.2, 0) is 5.41 Å². The maximum atomic E-state index is 5.25. The zero-order chi connectivity index (χ0) is 32.7. The molecule has 0 saturated carbocycles. The van der Waals surface area contributed by atoms with Gasteiger partial charge in [-0.1, -0.05) is 159 Å². The molecule has 3 nitrogen and oxygen atoms in total. The van der Waals surface area contributed by atoms with Crippen molar-refractivity contribution in [3.05, 3.63) is 163 Å². The normalized spacial score (nSPS) is 13.3. The molecule has 49 heavy (non-hydrogen) atoms. The van der Waals surface area contributed by atoms with E-state index in [4.69, 9.17) is 15.0 Å². The number of aromatic nitrogens is 3. The van der Waals surface area contributed by atoms with Crippen molar-refractivity contribution in [2.24, 2.45) is 0 Å². The van der Waals surface area contributed by atoms with E-state index >= 15 is 0 Å². The lowest BCUT2D eigenvalue weighted by Gasteiger charge is -2.21. The van der Waals surface area contributed by atoms with Crippen molar-refractivity contribution in [2.45, 2.75) is 19.3 Å².